The van der Waals surface area contributed by atoms with Gasteiger partial charge in [0, 0.05) is 10.5 Å². The highest BCUT2D eigenvalue weighted by atomic mass is 79.9. The van der Waals surface area contributed by atoms with Gasteiger partial charge in [-0.25, -0.2) is 4.79 Å². The lowest BCUT2D eigenvalue weighted by Crippen LogP contribution is -2.00. The zero-order chi connectivity index (χ0) is 12.0. The number of carbonyl (C=O) groups is 1. The number of allylic oxidation sites excluding steroid dienone is 1. The second kappa shape index (κ2) is 6.48. The molecule has 0 aliphatic carbocycles. The van der Waals surface area contributed by atoms with Crippen molar-refractivity contribution < 1.29 is 9.53 Å². The van der Waals surface area contributed by atoms with Crippen molar-refractivity contribution in [3.05, 3.63) is 40.4 Å². The molecule has 0 aliphatic rings. The zero-order valence-corrected chi connectivity index (χ0v) is 11.1. The summed E-state index contributed by atoms with van der Waals surface area (Å²) in [5, 5.41) is 0. The quantitative estimate of drug-likeness (QED) is 0.620. The third-order valence-corrected chi connectivity index (χ3v) is 2.70. The maximum atomic E-state index is 11.3. The Hall–Kier alpha value is -1.09. The fourth-order valence-electron chi connectivity index (χ4n) is 1.38. The Morgan fingerprint density at radius 3 is 2.44 bits per heavy atom. The summed E-state index contributed by atoms with van der Waals surface area (Å²) in [6, 6.07) is 7.89. The average molecular weight is 283 g/mol. The van der Waals surface area contributed by atoms with Crippen LogP contribution in [-0.4, -0.2) is 12.6 Å². The third kappa shape index (κ3) is 3.81. The van der Waals surface area contributed by atoms with Crippen LogP contribution < -0.4 is 0 Å². The predicted molar refractivity (Wildman–Crippen MR) is 69.0 cm³/mol. The van der Waals surface area contributed by atoms with Gasteiger partial charge in [0.25, 0.3) is 0 Å². The number of ether oxygens (including phenoxy) is 1. The Kier molecular flexibility index (Phi) is 5.26. The highest BCUT2D eigenvalue weighted by Gasteiger charge is 2.03. The van der Waals surface area contributed by atoms with Gasteiger partial charge in [-0.05, 0) is 36.6 Å². The lowest BCUT2D eigenvalue weighted by Gasteiger charge is -2.05. The average Bonchev–Trinajstić information content (AvgIpc) is 2.27. The molecule has 0 atom stereocenters. The first kappa shape index (κ1) is 13.0. The van der Waals surface area contributed by atoms with Crippen LogP contribution in [0, 0.1) is 0 Å². The summed E-state index contributed by atoms with van der Waals surface area (Å²) in [6.07, 6.45) is 2.37. The second-order valence-electron chi connectivity index (χ2n) is 3.28. The van der Waals surface area contributed by atoms with E-state index < -0.39 is 0 Å². The SMILES string of the molecule is CCOC(=O)C=C(CC)c1ccc(Br)cc1. The van der Waals surface area contributed by atoms with Gasteiger partial charge in [-0.3, -0.25) is 0 Å². The van der Waals surface area contributed by atoms with Crippen molar-refractivity contribution in [3.63, 3.8) is 0 Å². The maximum absolute atomic E-state index is 11.3. The van der Waals surface area contributed by atoms with E-state index in [-0.39, 0.29) is 5.97 Å². The van der Waals surface area contributed by atoms with Gasteiger partial charge in [-0.1, -0.05) is 35.0 Å². The summed E-state index contributed by atoms with van der Waals surface area (Å²) in [6.45, 7) is 4.23. The molecule has 86 valence electrons. The van der Waals surface area contributed by atoms with Crippen LogP contribution >= 0.6 is 15.9 Å². The summed E-state index contributed by atoms with van der Waals surface area (Å²) >= 11 is 3.38. The van der Waals surface area contributed by atoms with E-state index in [2.05, 4.69) is 15.9 Å². The van der Waals surface area contributed by atoms with Crippen LogP contribution in [0.15, 0.2) is 34.8 Å². The van der Waals surface area contributed by atoms with E-state index in [1.165, 1.54) is 0 Å². The molecule has 2 nitrogen and oxygen atoms in total. The molecule has 0 saturated carbocycles. The van der Waals surface area contributed by atoms with E-state index in [9.17, 15) is 4.79 Å². The van der Waals surface area contributed by atoms with Gasteiger partial charge in [0.2, 0.25) is 0 Å². The number of esters is 1. The van der Waals surface area contributed by atoms with E-state index in [1.54, 1.807) is 13.0 Å². The molecule has 0 amide bonds. The fourth-order valence-corrected chi connectivity index (χ4v) is 1.64. The zero-order valence-electron chi connectivity index (χ0n) is 9.50. The summed E-state index contributed by atoms with van der Waals surface area (Å²) < 4.78 is 5.93. The Morgan fingerprint density at radius 2 is 1.94 bits per heavy atom. The van der Waals surface area contributed by atoms with Crippen LogP contribution in [0.5, 0.6) is 0 Å². The molecule has 0 saturated heterocycles. The highest BCUT2D eigenvalue weighted by Crippen LogP contribution is 2.20. The van der Waals surface area contributed by atoms with Gasteiger partial charge in [-0.2, -0.15) is 0 Å². The van der Waals surface area contributed by atoms with Crippen LogP contribution in [0.1, 0.15) is 25.8 Å². The molecule has 0 bridgehead atoms. The maximum Gasteiger partial charge on any atom is 0.331 e. The Morgan fingerprint density at radius 1 is 1.31 bits per heavy atom. The number of rotatable bonds is 4. The molecule has 0 heterocycles. The normalized spacial score (nSPS) is 11.3. The Labute approximate surface area is 104 Å². The van der Waals surface area contributed by atoms with Crippen LogP contribution in [0.4, 0.5) is 0 Å². The van der Waals surface area contributed by atoms with Crippen molar-refractivity contribution in [2.45, 2.75) is 20.3 Å². The molecule has 0 radical (unpaired) electrons. The number of carbonyl (C=O) groups excluding carboxylic acids is 1. The first-order chi connectivity index (χ1) is 7.67. The minimum atomic E-state index is -0.276. The number of benzene rings is 1. The predicted octanol–water partition coefficient (Wildman–Crippen LogP) is 3.81. The molecule has 3 heteroatoms. The molecule has 0 spiro atoms. The van der Waals surface area contributed by atoms with Gasteiger partial charge >= 0.3 is 5.97 Å². The van der Waals surface area contributed by atoms with E-state index in [0.717, 1.165) is 22.0 Å². The minimum Gasteiger partial charge on any atom is -0.463 e. The molecule has 1 aromatic carbocycles. The Bertz CT molecular complexity index is 379. The number of hydrogen-bond donors (Lipinski definition) is 0. The monoisotopic (exact) mass is 282 g/mol. The topological polar surface area (TPSA) is 26.3 Å². The molecule has 0 fully saturated rings. The summed E-state index contributed by atoms with van der Waals surface area (Å²) in [5.74, 6) is -0.276. The molecule has 0 N–H and O–H groups in total. The lowest BCUT2D eigenvalue weighted by molar-refractivity contribution is -0.137. The van der Waals surface area contributed by atoms with E-state index in [0.29, 0.717) is 6.61 Å². The third-order valence-electron chi connectivity index (χ3n) is 2.17. The van der Waals surface area contributed by atoms with E-state index >= 15 is 0 Å². The van der Waals surface area contributed by atoms with Gasteiger partial charge in [-0.15, -0.1) is 0 Å². The van der Waals surface area contributed by atoms with Crippen molar-refractivity contribution in [2.24, 2.45) is 0 Å². The summed E-state index contributed by atoms with van der Waals surface area (Å²) in [5.41, 5.74) is 2.05. The smallest absolute Gasteiger partial charge is 0.331 e. The molecule has 0 aliphatic heterocycles. The van der Waals surface area contributed by atoms with Crippen LogP contribution in [0.2, 0.25) is 0 Å². The van der Waals surface area contributed by atoms with Crippen molar-refractivity contribution >= 4 is 27.5 Å². The standard InChI is InChI=1S/C13H15BrO2/c1-3-10(9-13(15)16-4-2)11-5-7-12(14)8-6-11/h5-9H,3-4H2,1-2H3. The van der Waals surface area contributed by atoms with Gasteiger partial charge in [0.05, 0.1) is 6.61 Å². The highest BCUT2D eigenvalue weighted by molar-refractivity contribution is 9.10. The Balaban J connectivity index is 2.89. The molecule has 0 aromatic heterocycles. The number of halogens is 1. The van der Waals surface area contributed by atoms with Gasteiger partial charge < -0.3 is 4.74 Å². The van der Waals surface area contributed by atoms with Crippen molar-refractivity contribution in [2.75, 3.05) is 6.61 Å². The van der Waals surface area contributed by atoms with Crippen molar-refractivity contribution in [1.29, 1.82) is 0 Å². The largest absolute Gasteiger partial charge is 0.463 e. The van der Waals surface area contributed by atoms with E-state index in [4.69, 9.17) is 4.74 Å². The first-order valence-electron chi connectivity index (χ1n) is 5.30. The van der Waals surface area contributed by atoms with Crippen LogP contribution in [-0.2, 0) is 9.53 Å². The summed E-state index contributed by atoms with van der Waals surface area (Å²) in [7, 11) is 0. The molecule has 1 aromatic rings. The second-order valence-corrected chi connectivity index (χ2v) is 4.20. The number of hydrogen-bond acceptors (Lipinski definition) is 2. The molecular formula is C13H15BrO2. The molecule has 16 heavy (non-hydrogen) atoms. The summed E-state index contributed by atoms with van der Waals surface area (Å²) in [4.78, 5) is 11.3. The molecular weight excluding hydrogens is 268 g/mol. The van der Waals surface area contributed by atoms with Crippen molar-refractivity contribution in [1.82, 2.24) is 0 Å². The lowest BCUT2D eigenvalue weighted by atomic mass is 10.0. The van der Waals surface area contributed by atoms with Crippen molar-refractivity contribution in [3.8, 4) is 0 Å². The molecule has 0 unspecified atom stereocenters. The minimum absolute atomic E-state index is 0.276. The molecule has 1 rings (SSSR count). The van der Waals surface area contributed by atoms with Crippen LogP contribution in [0.3, 0.4) is 0 Å². The van der Waals surface area contributed by atoms with Crippen LogP contribution in [0.25, 0.3) is 5.57 Å². The van der Waals surface area contributed by atoms with Gasteiger partial charge in [0.15, 0.2) is 0 Å². The fraction of sp³-hybridized carbons (Fsp3) is 0.308. The first-order valence-corrected chi connectivity index (χ1v) is 6.10. The van der Waals surface area contributed by atoms with Gasteiger partial charge in [0.1, 0.15) is 0 Å². The van der Waals surface area contributed by atoms with E-state index in [1.807, 2.05) is 31.2 Å².